The minimum Gasteiger partial charge on any atom is -0.489 e. The van der Waals surface area contributed by atoms with Crippen molar-refractivity contribution in [2.75, 3.05) is 44.0 Å². The maximum atomic E-state index is 11.4. The van der Waals surface area contributed by atoms with Gasteiger partial charge in [0.2, 0.25) is 0 Å². The summed E-state index contributed by atoms with van der Waals surface area (Å²) >= 11 is 0. The standard InChI is InChI=1S/C10H11NO3.C9H11NO2/c1-13-10(12)7-3-2-4-8-9(7)14-6-5-11-8;11-6-7-2-1-3-8-9(7)12-5-4-10-8/h2-4,11H,5-6H2,1H3;1-3,10-11H,4-6H2. The molecular formula is C19H22N2O5. The number of nitrogens with one attached hydrogen (secondary N) is 2. The average Bonchev–Trinajstić information content (AvgIpc) is 2.72. The maximum absolute atomic E-state index is 11.4. The van der Waals surface area contributed by atoms with Gasteiger partial charge in [-0.15, -0.1) is 0 Å². The molecule has 4 rings (SSSR count). The molecule has 0 amide bonds. The number of esters is 1. The molecule has 0 aliphatic carbocycles. The summed E-state index contributed by atoms with van der Waals surface area (Å²) in [4.78, 5) is 11.4. The molecule has 0 fully saturated rings. The highest BCUT2D eigenvalue weighted by Gasteiger charge is 2.18. The Morgan fingerprint density at radius 1 is 1.04 bits per heavy atom. The number of hydrogen-bond donors (Lipinski definition) is 3. The van der Waals surface area contributed by atoms with Gasteiger partial charge in [0.25, 0.3) is 0 Å². The molecule has 2 aliphatic heterocycles. The Balaban J connectivity index is 0.000000152. The number of hydrogen-bond acceptors (Lipinski definition) is 7. The molecule has 0 saturated heterocycles. The van der Waals surface area contributed by atoms with Crippen LogP contribution < -0.4 is 20.1 Å². The number of rotatable bonds is 2. The van der Waals surface area contributed by atoms with E-state index in [1.807, 2.05) is 24.3 Å². The van der Waals surface area contributed by atoms with Crippen LogP contribution in [0.1, 0.15) is 15.9 Å². The molecule has 2 aromatic rings. The molecule has 138 valence electrons. The number of aliphatic hydroxyl groups is 1. The molecule has 2 aliphatic rings. The molecule has 0 atom stereocenters. The van der Waals surface area contributed by atoms with E-state index in [-0.39, 0.29) is 12.6 Å². The van der Waals surface area contributed by atoms with Crippen molar-refractivity contribution < 1.29 is 24.1 Å². The lowest BCUT2D eigenvalue weighted by atomic mass is 10.1. The topological polar surface area (TPSA) is 89.1 Å². The van der Waals surface area contributed by atoms with Gasteiger partial charge in [-0.05, 0) is 18.2 Å². The Morgan fingerprint density at radius 3 is 2.31 bits per heavy atom. The number of anilines is 2. The van der Waals surface area contributed by atoms with Gasteiger partial charge in [-0.25, -0.2) is 4.79 Å². The van der Waals surface area contributed by atoms with E-state index < -0.39 is 0 Å². The third kappa shape index (κ3) is 3.83. The van der Waals surface area contributed by atoms with Crippen molar-refractivity contribution >= 4 is 17.3 Å². The molecule has 2 heterocycles. The number of fused-ring (bicyclic) bond motifs is 2. The van der Waals surface area contributed by atoms with Gasteiger partial charge in [-0.2, -0.15) is 0 Å². The number of carbonyl (C=O) groups is 1. The number of para-hydroxylation sites is 2. The van der Waals surface area contributed by atoms with Gasteiger partial charge in [0.1, 0.15) is 24.5 Å². The highest BCUT2D eigenvalue weighted by Crippen LogP contribution is 2.32. The van der Waals surface area contributed by atoms with Crippen LogP contribution in [-0.2, 0) is 11.3 Å². The van der Waals surface area contributed by atoms with Gasteiger partial charge in [0.15, 0.2) is 5.75 Å². The van der Waals surface area contributed by atoms with E-state index in [4.69, 9.17) is 14.6 Å². The summed E-state index contributed by atoms with van der Waals surface area (Å²) in [5.41, 5.74) is 3.14. The Hall–Kier alpha value is -2.93. The number of aliphatic hydroxyl groups excluding tert-OH is 1. The fraction of sp³-hybridized carbons (Fsp3) is 0.316. The molecule has 7 nitrogen and oxygen atoms in total. The van der Waals surface area contributed by atoms with Crippen molar-refractivity contribution in [1.29, 1.82) is 0 Å². The molecule has 0 unspecified atom stereocenters. The minimum atomic E-state index is -0.370. The van der Waals surface area contributed by atoms with Crippen LogP contribution in [0.4, 0.5) is 11.4 Å². The molecule has 0 spiro atoms. The van der Waals surface area contributed by atoms with E-state index in [9.17, 15) is 4.79 Å². The second-order valence-electron chi connectivity index (χ2n) is 5.68. The molecular weight excluding hydrogens is 336 g/mol. The Morgan fingerprint density at radius 2 is 1.65 bits per heavy atom. The van der Waals surface area contributed by atoms with Crippen molar-refractivity contribution in [3.63, 3.8) is 0 Å². The third-order valence-electron chi connectivity index (χ3n) is 4.02. The van der Waals surface area contributed by atoms with Crippen LogP contribution in [0.3, 0.4) is 0 Å². The van der Waals surface area contributed by atoms with Crippen molar-refractivity contribution in [3.05, 3.63) is 47.5 Å². The van der Waals surface area contributed by atoms with Gasteiger partial charge in [-0.3, -0.25) is 0 Å². The smallest absolute Gasteiger partial charge is 0.341 e. The highest BCUT2D eigenvalue weighted by atomic mass is 16.5. The first kappa shape index (κ1) is 17.9. The van der Waals surface area contributed by atoms with E-state index in [2.05, 4.69) is 15.4 Å². The number of ether oxygens (including phenoxy) is 3. The zero-order valence-electron chi connectivity index (χ0n) is 14.6. The predicted molar refractivity (Wildman–Crippen MR) is 98.1 cm³/mol. The van der Waals surface area contributed by atoms with Crippen LogP contribution in [0, 0.1) is 0 Å². The first-order valence-corrected chi connectivity index (χ1v) is 8.42. The van der Waals surface area contributed by atoms with Crippen LogP contribution in [0.25, 0.3) is 0 Å². The largest absolute Gasteiger partial charge is 0.489 e. The van der Waals surface area contributed by atoms with Gasteiger partial charge in [-0.1, -0.05) is 18.2 Å². The van der Waals surface area contributed by atoms with Gasteiger partial charge < -0.3 is 30.0 Å². The lowest BCUT2D eigenvalue weighted by Gasteiger charge is -2.20. The molecule has 3 N–H and O–H groups in total. The van der Waals surface area contributed by atoms with Crippen LogP contribution in [0.15, 0.2) is 36.4 Å². The van der Waals surface area contributed by atoms with E-state index in [0.29, 0.717) is 24.5 Å². The third-order valence-corrected chi connectivity index (χ3v) is 4.02. The quantitative estimate of drug-likeness (QED) is 0.710. The number of carbonyl (C=O) groups excluding carboxylic acids is 1. The second-order valence-corrected chi connectivity index (χ2v) is 5.68. The molecule has 0 bridgehead atoms. The summed E-state index contributed by atoms with van der Waals surface area (Å²) in [5, 5.41) is 15.3. The molecule has 26 heavy (non-hydrogen) atoms. The molecule has 0 aromatic heterocycles. The van der Waals surface area contributed by atoms with Gasteiger partial charge in [0.05, 0.1) is 25.1 Å². The molecule has 2 aromatic carbocycles. The highest BCUT2D eigenvalue weighted by molar-refractivity contribution is 5.94. The summed E-state index contributed by atoms with van der Waals surface area (Å²) in [6, 6.07) is 11.1. The summed E-state index contributed by atoms with van der Waals surface area (Å²) in [7, 11) is 1.36. The first-order valence-electron chi connectivity index (χ1n) is 8.42. The van der Waals surface area contributed by atoms with Crippen molar-refractivity contribution in [3.8, 4) is 11.5 Å². The summed E-state index contributed by atoms with van der Waals surface area (Å²) in [6.45, 7) is 2.87. The maximum Gasteiger partial charge on any atom is 0.341 e. The Labute approximate surface area is 151 Å². The van der Waals surface area contributed by atoms with Crippen LogP contribution in [-0.4, -0.2) is 44.5 Å². The summed E-state index contributed by atoms with van der Waals surface area (Å²) < 4.78 is 15.5. The first-order chi connectivity index (χ1) is 12.7. The van der Waals surface area contributed by atoms with E-state index in [1.165, 1.54) is 7.11 Å². The van der Waals surface area contributed by atoms with Gasteiger partial charge >= 0.3 is 5.97 Å². The van der Waals surface area contributed by atoms with Crippen LogP contribution in [0.5, 0.6) is 11.5 Å². The summed E-state index contributed by atoms with van der Waals surface area (Å²) in [5.74, 6) is 1.02. The Kier molecular flexibility index (Phi) is 5.80. The molecule has 7 heteroatoms. The molecule has 0 saturated carbocycles. The summed E-state index contributed by atoms with van der Waals surface area (Å²) in [6.07, 6.45) is 0. The normalized spacial score (nSPS) is 13.9. The van der Waals surface area contributed by atoms with Crippen molar-refractivity contribution in [1.82, 2.24) is 0 Å². The zero-order chi connectivity index (χ0) is 18.4. The lowest BCUT2D eigenvalue weighted by molar-refractivity contribution is 0.0596. The number of benzene rings is 2. The van der Waals surface area contributed by atoms with E-state index in [1.54, 1.807) is 12.1 Å². The minimum absolute atomic E-state index is 0.0326. The molecule has 0 radical (unpaired) electrons. The lowest BCUT2D eigenvalue weighted by Crippen LogP contribution is -2.20. The van der Waals surface area contributed by atoms with Crippen LogP contribution in [0.2, 0.25) is 0 Å². The average molecular weight is 358 g/mol. The van der Waals surface area contributed by atoms with E-state index >= 15 is 0 Å². The second kappa shape index (κ2) is 8.44. The van der Waals surface area contributed by atoms with Crippen molar-refractivity contribution in [2.45, 2.75) is 6.61 Å². The van der Waals surface area contributed by atoms with Crippen LogP contribution >= 0.6 is 0 Å². The SMILES string of the molecule is COC(=O)c1cccc2c1OCCN2.OCc1cccc2c1OCCN2. The predicted octanol–water partition coefficient (Wildman–Crippen LogP) is 2.26. The Bertz CT molecular complexity index is 764. The van der Waals surface area contributed by atoms with Crippen molar-refractivity contribution in [2.24, 2.45) is 0 Å². The van der Waals surface area contributed by atoms with E-state index in [0.717, 1.165) is 35.8 Å². The zero-order valence-corrected chi connectivity index (χ0v) is 14.6. The fourth-order valence-corrected chi connectivity index (χ4v) is 2.80. The van der Waals surface area contributed by atoms with Gasteiger partial charge in [0, 0.05) is 18.7 Å². The fourth-order valence-electron chi connectivity index (χ4n) is 2.80. The number of methoxy groups -OCH3 is 1. The monoisotopic (exact) mass is 358 g/mol.